The van der Waals surface area contributed by atoms with Crippen LogP contribution in [0, 0.1) is 0 Å². The molecule has 0 amide bonds. The van der Waals surface area contributed by atoms with Crippen LogP contribution < -0.4 is 23.7 Å². The Labute approximate surface area is 184 Å². The van der Waals surface area contributed by atoms with Crippen molar-refractivity contribution in [2.75, 3.05) is 27.6 Å². The van der Waals surface area contributed by atoms with Gasteiger partial charge in [-0.25, -0.2) is 4.79 Å². The fourth-order valence-corrected chi connectivity index (χ4v) is 4.43. The molecule has 166 valence electrons. The molecule has 2 heterocycles. The Hall–Kier alpha value is -3.68. The Kier molecular flexibility index (Phi) is 4.92. The zero-order valence-electron chi connectivity index (χ0n) is 18.0. The third-order valence-corrected chi connectivity index (χ3v) is 5.94. The maximum absolute atomic E-state index is 12.7. The van der Waals surface area contributed by atoms with Crippen LogP contribution in [-0.4, -0.2) is 39.6 Å². The molecule has 8 heteroatoms. The first-order valence-corrected chi connectivity index (χ1v) is 10.3. The lowest BCUT2D eigenvalue weighted by Gasteiger charge is -2.27. The van der Waals surface area contributed by atoms with Gasteiger partial charge in [-0.2, -0.15) is 0 Å². The second-order valence-electron chi connectivity index (χ2n) is 7.69. The van der Waals surface area contributed by atoms with Gasteiger partial charge in [-0.05, 0) is 52.9 Å². The van der Waals surface area contributed by atoms with E-state index in [0.29, 0.717) is 35.0 Å². The van der Waals surface area contributed by atoms with E-state index >= 15 is 0 Å². The van der Waals surface area contributed by atoms with Crippen LogP contribution in [0.1, 0.15) is 36.0 Å². The van der Waals surface area contributed by atoms with Crippen molar-refractivity contribution < 1.29 is 38.0 Å². The monoisotopic (exact) mass is 438 g/mol. The molecule has 2 aliphatic heterocycles. The van der Waals surface area contributed by atoms with Gasteiger partial charge >= 0.3 is 11.9 Å². The highest BCUT2D eigenvalue weighted by Crippen LogP contribution is 2.50. The Morgan fingerprint density at radius 2 is 1.72 bits per heavy atom. The van der Waals surface area contributed by atoms with Gasteiger partial charge in [0.15, 0.2) is 23.0 Å². The molecule has 0 bridgehead atoms. The average molecular weight is 438 g/mol. The van der Waals surface area contributed by atoms with Crippen molar-refractivity contribution in [2.45, 2.75) is 25.7 Å². The van der Waals surface area contributed by atoms with Gasteiger partial charge in [0.2, 0.25) is 12.5 Å². The number of carbonyl (C=O) groups excluding carboxylic acids is 2. The molecule has 1 aliphatic carbocycles. The molecule has 2 aromatic carbocycles. The molecular formula is C24H22O8. The fourth-order valence-electron chi connectivity index (χ4n) is 4.43. The maximum atomic E-state index is 12.7. The van der Waals surface area contributed by atoms with Crippen LogP contribution in [0.5, 0.6) is 28.7 Å². The van der Waals surface area contributed by atoms with Gasteiger partial charge in [-0.1, -0.05) is 6.92 Å². The fraction of sp³-hybridized carbons (Fsp3) is 0.333. The van der Waals surface area contributed by atoms with Crippen LogP contribution in [0.15, 0.2) is 35.4 Å². The molecule has 1 atom stereocenters. The summed E-state index contributed by atoms with van der Waals surface area (Å²) in [5.74, 6) is 1.03. The number of hydrogen-bond acceptors (Lipinski definition) is 8. The molecule has 2 aromatic rings. The standard InChI is InChI=1S/C24H22O8/c1-4-20(25)32-23-18(27-2)7-13(8-19(23)28-3)21-15-9-17-16(30-11-31-17)6-12(15)5-14-10-29-24(26)22(14)21/h6-9,21H,4-5,10-11H2,1-3H3/t21-/m1/s1. The maximum Gasteiger partial charge on any atom is 0.335 e. The van der Waals surface area contributed by atoms with Crippen molar-refractivity contribution in [1.82, 2.24) is 0 Å². The molecule has 3 aliphatic rings. The number of esters is 2. The summed E-state index contributed by atoms with van der Waals surface area (Å²) in [6.45, 7) is 2.13. The molecule has 8 nitrogen and oxygen atoms in total. The highest BCUT2D eigenvalue weighted by Gasteiger charge is 2.40. The van der Waals surface area contributed by atoms with Gasteiger partial charge in [0.05, 0.1) is 19.8 Å². The lowest BCUT2D eigenvalue weighted by Crippen LogP contribution is -2.18. The zero-order chi connectivity index (χ0) is 22.4. The molecule has 0 N–H and O–H groups in total. The van der Waals surface area contributed by atoms with Gasteiger partial charge in [0, 0.05) is 12.3 Å². The first-order valence-electron chi connectivity index (χ1n) is 10.3. The molecule has 0 radical (unpaired) electrons. The van der Waals surface area contributed by atoms with Crippen molar-refractivity contribution in [3.8, 4) is 28.7 Å². The minimum absolute atomic E-state index is 0.164. The van der Waals surface area contributed by atoms with Crippen LogP contribution in [-0.2, 0) is 20.7 Å². The first-order chi connectivity index (χ1) is 15.5. The van der Waals surface area contributed by atoms with Gasteiger partial charge in [-0.15, -0.1) is 0 Å². The van der Waals surface area contributed by atoms with Crippen LogP contribution in [0.25, 0.3) is 0 Å². The Morgan fingerprint density at radius 3 is 2.38 bits per heavy atom. The molecule has 0 spiro atoms. The molecule has 0 saturated heterocycles. The second-order valence-corrected chi connectivity index (χ2v) is 7.69. The van der Waals surface area contributed by atoms with Crippen molar-refractivity contribution in [2.24, 2.45) is 0 Å². The number of benzene rings is 2. The van der Waals surface area contributed by atoms with E-state index < -0.39 is 11.9 Å². The Bertz CT molecular complexity index is 1140. The number of methoxy groups -OCH3 is 2. The van der Waals surface area contributed by atoms with E-state index in [9.17, 15) is 9.59 Å². The van der Waals surface area contributed by atoms with E-state index in [0.717, 1.165) is 22.3 Å². The van der Waals surface area contributed by atoms with Gasteiger partial charge in [0.25, 0.3) is 0 Å². The first kappa shape index (κ1) is 20.2. The summed E-state index contributed by atoms with van der Waals surface area (Å²) in [4.78, 5) is 24.7. The summed E-state index contributed by atoms with van der Waals surface area (Å²) in [6, 6.07) is 7.41. The topological polar surface area (TPSA) is 89.5 Å². The van der Waals surface area contributed by atoms with Crippen molar-refractivity contribution in [3.05, 3.63) is 52.1 Å². The van der Waals surface area contributed by atoms with Crippen LogP contribution >= 0.6 is 0 Å². The highest BCUT2D eigenvalue weighted by molar-refractivity contribution is 5.95. The molecule has 0 saturated carbocycles. The predicted octanol–water partition coefficient (Wildman–Crippen LogP) is 3.29. The lowest BCUT2D eigenvalue weighted by atomic mass is 9.75. The zero-order valence-corrected chi connectivity index (χ0v) is 18.0. The van der Waals surface area contributed by atoms with E-state index in [2.05, 4.69) is 0 Å². The number of carbonyl (C=O) groups is 2. The second kappa shape index (κ2) is 7.78. The molecule has 32 heavy (non-hydrogen) atoms. The quantitative estimate of drug-likeness (QED) is 0.519. The molecule has 0 aromatic heterocycles. The number of rotatable bonds is 5. The Morgan fingerprint density at radius 1 is 1.03 bits per heavy atom. The summed E-state index contributed by atoms with van der Waals surface area (Å²) in [7, 11) is 2.98. The van der Waals surface area contributed by atoms with Crippen LogP contribution in [0.4, 0.5) is 0 Å². The van der Waals surface area contributed by atoms with E-state index in [1.54, 1.807) is 19.1 Å². The summed E-state index contributed by atoms with van der Waals surface area (Å²) >= 11 is 0. The van der Waals surface area contributed by atoms with E-state index in [-0.39, 0.29) is 31.5 Å². The summed E-state index contributed by atoms with van der Waals surface area (Å²) < 4.78 is 33.0. The summed E-state index contributed by atoms with van der Waals surface area (Å²) in [5, 5.41) is 0. The number of fused-ring (bicyclic) bond motifs is 2. The molecule has 0 unspecified atom stereocenters. The smallest absolute Gasteiger partial charge is 0.335 e. The highest BCUT2D eigenvalue weighted by atomic mass is 16.7. The molecular weight excluding hydrogens is 416 g/mol. The van der Waals surface area contributed by atoms with Crippen molar-refractivity contribution >= 4 is 11.9 Å². The summed E-state index contributed by atoms with van der Waals surface area (Å²) in [6.07, 6.45) is 0.809. The van der Waals surface area contributed by atoms with E-state index in [1.165, 1.54) is 14.2 Å². The number of hydrogen-bond donors (Lipinski definition) is 0. The van der Waals surface area contributed by atoms with Crippen molar-refractivity contribution in [1.29, 1.82) is 0 Å². The summed E-state index contributed by atoms with van der Waals surface area (Å²) in [5.41, 5.74) is 4.26. The largest absolute Gasteiger partial charge is 0.493 e. The van der Waals surface area contributed by atoms with E-state index in [1.807, 2.05) is 12.1 Å². The SMILES string of the molecule is CCC(=O)Oc1c(OC)cc([C@H]2C3=C(COC3=O)Cc3cc4c(cc32)OCO4)cc1OC. The predicted molar refractivity (Wildman–Crippen MR) is 112 cm³/mol. The number of cyclic esters (lactones) is 1. The molecule has 5 rings (SSSR count). The van der Waals surface area contributed by atoms with Crippen LogP contribution in [0.2, 0.25) is 0 Å². The van der Waals surface area contributed by atoms with Gasteiger partial charge in [0.1, 0.15) is 6.61 Å². The minimum atomic E-state index is -0.419. The van der Waals surface area contributed by atoms with Gasteiger partial charge < -0.3 is 28.4 Å². The normalized spacial score (nSPS) is 18.1. The lowest BCUT2D eigenvalue weighted by molar-refractivity contribution is -0.136. The third-order valence-electron chi connectivity index (χ3n) is 5.94. The Balaban J connectivity index is 1.69. The van der Waals surface area contributed by atoms with Gasteiger partial charge in [-0.3, -0.25) is 4.79 Å². The molecule has 0 fully saturated rings. The van der Waals surface area contributed by atoms with Crippen LogP contribution in [0.3, 0.4) is 0 Å². The number of ether oxygens (including phenoxy) is 6. The third kappa shape index (κ3) is 3.14. The van der Waals surface area contributed by atoms with Crippen molar-refractivity contribution in [3.63, 3.8) is 0 Å². The average Bonchev–Trinajstić information content (AvgIpc) is 3.42. The van der Waals surface area contributed by atoms with E-state index in [4.69, 9.17) is 28.4 Å². The minimum Gasteiger partial charge on any atom is -0.493 e.